The molecule has 1 fully saturated rings. The second kappa shape index (κ2) is 5.79. The summed E-state index contributed by atoms with van der Waals surface area (Å²) >= 11 is 0. The van der Waals surface area contributed by atoms with Gasteiger partial charge in [-0.2, -0.15) is 0 Å². The summed E-state index contributed by atoms with van der Waals surface area (Å²) in [5.41, 5.74) is 1.73. The third-order valence-corrected chi connectivity index (χ3v) is 4.89. The summed E-state index contributed by atoms with van der Waals surface area (Å²) in [6, 6.07) is 7.97. The summed E-state index contributed by atoms with van der Waals surface area (Å²) in [6.45, 7) is 2.23. The summed E-state index contributed by atoms with van der Waals surface area (Å²) in [4.78, 5) is 24.8. The predicted molar refractivity (Wildman–Crippen MR) is 92.8 cm³/mol. The Balaban J connectivity index is 1.59. The largest absolute Gasteiger partial charge is 0.361 e. The average molecular weight is 323 g/mol. The van der Waals surface area contributed by atoms with E-state index in [0.717, 1.165) is 35.4 Å². The van der Waals surface area contributed by atoms with Gasteiger partial charge in [-0.3, -0.25) is 9.69 Å². The standard InChI is InChI=1S/C18H21N5O/c1-21-9-10-23(12-16(21)17-20-7-8-22(17)2)18(24)14-4-3-13-5-6-19-15(13)11-14/h3-8,11,16,19H,9-10,12H2,1-2H3/t16-/m0/s1. The van der Waals surface area contributed by atoms with Crippen molar-refractivity contribution in [2.75, 3.05) is 26.7 Å². The van der Waals surface area contributed by atoms with E-state index in [1.54, 1.807) is 0 Å². The molecule has 1 aromatic carbocycles. The topological polar surface area (TPSA) is 57.2 Å². The molecule has 0 bridgehead atoms. The number of aryl methyl sites for hydroxylation is 1. The van der Waals surface area contributed by atoms with Crippen LogP contribution in [0, 0.1) is 0 Å². The number of imidazole rings is 1. The van der Waals surface area contributed by atoms with Gasteiger partial charge in [-0.25, -0.2) is 4.98 Å². The third-order valence-electron chi connectivity index (χ3n) is 4.89. The lowest BCUT2D eigenvalue weighted by Gasteiger charge is -2.39. The van der Waals surface area contributed by atoms with Crippen LogP contribution in [0.1, 0.15) is 22.2 Å². The molecule has 3 aromatic rings. The molecule has 1 atom stereocenters. The molecule has 1 amide bonds. The first-order valence-electron chi connectivity index (χ1n) is 8.17. The van der Waals surface area contributed by atoms with Crippen molar-refractivity contribution in [3.05, 3.63) is 54.2 Å². The number of nitrogens with zero attached hydrogens (tertiary/aromatic N) is 4. The molecule has 6 nitrogen and oxygen atoms in total. The van der Waals surface area contributed by atoms with Gasteiger partial charge in [-0.1, -0.05) is 6.07 Å². The number of carbonyl (C=O) groups is 1. The third kappa shape index (κ3) is 2.49. The number of fused-ring (bicyclic) bond motifs is 1. The molecule has 0 unspecified atom stereocenters. The van der Waals surface area contributed by atoms with Gasteiger partial charge in [0.05, 0.1) is 6.04 Å². The van der Waals surface area contributed by atoms with E-state index in [-0.39, 0.29) is 11.9 Å². The van der Waals surface area contributed by atoms with Crippen LogP contribution in [0.5, 0.6) is 0 Å². The quantitative estimate of drug-likeness (QED) is 0.785. The Kier molecular flexibility index (Phi) is 3.61. The van der Waals surface area contributed by atoms with Crippen molar-refractivity contribution in [2.45, 2.75) is 6.04 Å². The monoisotopic (exact) mass is 323 g/mol. The van der Waals surface area contributed by atoms with E-state index < -0.39 is 0 Å². The van der Waals surface area contributed by atoms with E-state index in [1.807, 2.05) is 59.4 Å². The maximum Gasteiger partial charge on any atom is 0.254 e. The van der Waals surface area contributed by atoms with Gasteiger partial charge in [0.25, 0.3) is 5.91 Å². The molecule has 0 aliphatic carbocycles. The highest BCUT2D eigenvalue weighted by Gasteiger charge is 2.31. The number of aromatic nitrogens is 3. The fourth-order valence-electron chi connectivity index (χ4n) is 3.40. The van der Waals surface area contributed by atoms with Crippen molar-refractivity contribution in [2.24, 2.45) is 7.05 Å². The molecule has 1 aliphatic heterocycles. The Bertz CT molecular complexity index is 880. The van der Waals surface area contributed by atoms with E-state index >= 15 is 0 Å². The number of benzene rings is 1. The highest BCUT2D eigenvalue weighted by atomic mass is 16.2. The summed E-state index contributed by atoms with van der Waals surface area (Å²) in [5.74, 6) is 1.08. The fraction of sp³-hybridized carbons (Fsp3) is 0.333. The molecular formula is C18H21N5O. The van der Waals surface area contributed by atoms with Crippen molar-refractivity contribution in [1.82, 2.24) is 24.3 Å². The van der Waals surface area contributed by atoms with E-state index in [2.05, 4.69) is 21.9 Å². The number of H-pyrrole nitrogens is 1. The number of piperazine rings is 1. The number of hydrogen-bond acceptors (Lipinski definition) is 3. The molecule has 3 heterocycles. The van der Waals surface area contributed by atoms with Crippen molar-refractivity contribution in [1.29, 1.82) is 0 Å². The Morgan fingerprint density at radius 2 is 2.12 bits per heavy atom. The van der Waals surface area contributed by atoms with Crippen LogP contribution in [0.4, 0.5) is 0 Å². The highest BCUT2D eigenvalue weighted by Crippen LogP contribution is 2.24. The van der Waals surface area contributed by atoms with Crippen molar-refractivity contribution >= 4 is 16.8 Å². The van der Waals surface area contributed by atoms with Crippen LogP contribution < -0.4 is 0 Å². The Morgan fingerprint density at radius 1 is 1.25 bits per heavy atom. The zero-order valence-corrected chi connectivity index (χ0v) is 13.9. The number of hydrogen-bond donors (Lipinski definition) is 1. The SMILES string of the molecule is CN1CCN(C(=O)c2ccc3cc[nH]c3c2)C[C@H]1c1nccn1C. The van der Waals surface area contributed by atoms with Crippen LogP contribution in [-0.2, 0) is 7.05 Å². The van der Waals surface area contributed by atoms with Gasteiger partial charge in [0.15, 0.2) is 0 Å². The highest BCUT2D eigenvalue weighted by molar-refractivity contribution is 5.98. The Morgan fingerprint density at radius 3 is 2.92 bits per heavy atom. The van der Waals surface area contributed by atoms with Crippen LogP contribution in [0.15, 0.2) is 42.9 Å². The molecule has 0 spiro atoms. The number of aromatic amines is 1. The number of amides is 1. The normalized spacial score (nSPS) is 19.1. The minimum absolute atomic E-state index is 0.0822. The zero-order valence-electron chi connectivity index (χ0n) is 13.9. The molecule has 1 aliphatic rings. The van der Waals surface area contributed by atoms with Gasteiger partial charge in [-0.15, -0.1) is 0 Å². The molecular weight excluding hydrogens is 302 g/mol. The van der Waals surface area contributed by atoms with Gasteiger partial charge in [0.1, 0.15) is 5.82 Å². The molecule has 1 saturated heterocycles. The number of rotatable bonds is 2. The lowest BCUT2D eigenvalue weighted by Crippen LogP contribution is -2.49. The minimum Gasteiger partial charge on any atom is -0.361 e. The lowest BCUT2D eigenvalue weighted by molar-refractivity contribution is 0.0529. The summed E-state index contributed by atoms with van der Waals surface area (Å²) in [6.07, 6.45) is 5.65. The van der Waals surface area contributed by atoms with Crippen LogP contribution in [0.3, 0.4) is 0 Å². The number of nitrogens with one attached hydrogen (secondary N) is 1. The smallest absolute Gasteiger partial charge is 0.254 e. The molecule has 0 saturated carbocycles. The second-order valence-electron chi connectivity index (χ2n) is 6.42. The zero-order chi connectivity index (χ0) is 16.7. The van der Waals surface area contributed by atoms with Crippen LogP contribution in [-0.4, -0.2) is 56.9 Å². The summed E-state index contributed by atoms with van der Waals surface area (Å²) < 4.78 is 2.03. The van der Waals surface area contributed by atoms with E-state index in [1.165, 1.54) is 0 Å². The predicted octanol–water partition coefficient (Wildman–Crippen LogP) is 2.03. The number of carbonyl (C=O) groups excluding carboxylic acids is 1. The van der Waals surface area contributed by atoms with Crippen LogP contribution >= 0.6 is 0 Å². The first kappa shape index (κ1) is 15.0. The van der Waals surface area contributed by atoms with Gasteiger partial charge >= 0.3 is 0 Å². The lowest BCUT2D eigenvalue weighted by atomic mass is 10.1. The molecule has 1 N–H and O–H groups in total. The molecule has 2 aromatic heterocycles. The summed E-state index contributed by atoms with van der Waals surface area (Å²) in [5, 5.41) is 1.12. The van der Waals surface area contributed by atoms with Crippen molar-refractivity contribution in [3.8, 4) is 0 Å². The Hall–Kier alpha value is -2.60. The van der Waals surface area contributed by atoms with Gasteiger partial charge in [0, 0.05) is 56.4 Å². The van der Waals surface area contributed by atoms with E-state index in [0.29, 0.717) is 6.54 Å². The molecule has 0 radical (unpaired) electrons. The first-order chi connectivity index (χ1) is 11.6. The molecule has 4 rings (SSSR count). The van der Waals surface area contributed by atoms with Crippen LogP contribution in [0.2, 0.25) is 0 Å². The molecule has 6 heteroatoms. The maximum atomic E-state index is 12.9. The molecule has 124 valence electrons. The second-order valence-corrected chi connectivity index (χ2v) is 6.42. The Labute approximate surface area is 140 Å². The molecule has 24 heavy (non-hydrogen) atoms. The summed E-state index contributed by atoms with van der Waals surface area (Å²) in [7, 11) is 4.09. The van der Waals surface area contributed by atoms with Crippen molar-refractivity contribution < 1.29 is 4.79 Å². The van der Waals surface area contributed by atoms with Gasteiger partial charge < -0.3 is 14.5 Å². The minimum atomic E-state index is 0.0822. The number of likely N-dealkylation sites (N-methyl/N-ethyl adjacent to an activating group) is 1. The average Bonchev–Trinajstić information content (AvgIpc) is 3.22. The van der Waals surface area contributed by atoms with Crippen molar-refractivity contribution in [3.63, 3.8) is 0 Å². The van der Waals surface area contributed by atoms with E-state index in [4.69, 9.17) is 0 Å². The maximum absolute atomic E-state index is 12.9. The van der Waals surface area contributed by atoms with E-state index in [9.17, 15) is 4.79 Å². The first-order valence-corrected chi connectivity index (χ1v) is 8.17. The fourth-order valence-corrected chi connectivity index (χ4v) is 3.40. The van der Waals surface area contributed by atoms with Gasteiger partial charge in [-0.05, 0) is 30.6 Å². The van der Waals surface area contributed by atoms with Gasteiger partial charge in [0.2, 0.25) is 0 Å². The van der Waals surface area contributed by atoms with Crippen LogP contribution in [0.25, 0.3) is 10.9 Å².